The molecule has 6 nitrogen and oxygen atoms in total. The lowest BCUT2D eigenvalue weighted by Gasteiger charge is -2.13. The van der Waals surface area contributed by atoms with Crippen LogP contribution in [0, 0.1) is 6.92 Å². The fourth-order valence-electron chi connectivity index (χ4n) is 2.53. The maximum absolute atomic E-state index is 12.2. The molecule has 0 spiro atoms. The predicted molar refractivity (Wildman–Crippen MR) is 90.8 cm³/mol. The van der Waals surface area contributed by atoms with Gasteiger partial charge in [0.25, 0.3) is 5.89 Å². The van der Waals surface area contributed by atoms with E-state index < -0.39 is 0 Å². The van der Waals surface area contributed by atoms with Crippen LogP contribution in [0.5, 0.6) is 0 Å². The first-order valence-electron chi connectivity index (χ1n) is 7.65. The van der Waals surface area contributed by atoms with Gasteiger partial charge in [-0.05, 0) is 44.0 Å². The molecule has 1 unspecified atom stereocenters. The Morgan fingerprint density at radius 3 is 2.96 bits per heavy atom. The topological polar surface area (TPSA) is 80.0 Å². The van der Waals surface area contributed by atoms with Crippen molar-refractivity contribution < 1.29 is 9.32 Å². The van der Waals surface area contributed by atoms with Gasteiger partial charge in [-0.2, -0.15) is 4.98 Å². The van der Waals surface area contributed by atoms with Gasteiger partial charge in [0.15, 0.2) is 5.82 Å². The molecule has 1 saturated heterocycles. The number of hydrogen-bond donors (Lipinski definition) is 2. The number of benzene rings is 1. The lowest BCUT2D eigenvalue weighted by molar-refractivity contribution is -0.117. The summed E-state index contributed by atoms with van der Waals surface area (Å²) in [6.45, 7) is 4.84. The highest BCUT2D eigenvalue weighted by Gasteiger charge is 2.22. The van der Waals surface area contributed by atoms with E-state index in [0.717, 1.165) is 42.6 Å². The Labute approximate surface area is 141 Å². The number of nitrogens with one attached hydrogen (secondary N) is 2. The number of anilines is 1. The predicted octanol–water partition coefficient (Wildman–Crippen LogP) is 2.72. The zero-order valence-corrected chi connectivity index (χ0v) is 14.1. The molecular formula is C16H21ClN4O2. The molecule has 0 bridgehead atoms. The van der Waals surface area contributed by atoms with E-state index in [9.17, 15) is 4.79 Å². The third-order valence-electron chi connectivity index (χ3n) is 3.90. The van der Waals surface area contributed by atoms with Gasteiger partial charge in [0.2, 0.25) is 5.91 Å². The Morgan fingerprint density at radius 2 is 2.30 bits per heavy atom. The Balaban J connectivity index is 0.00000192. The molecule has 0 radical (unpaired) electrons. The minimum atomic E-state index is -0.0989. The van der Waals surface area contributed by atoms with E-state index >= 15 is 0 Å². The zero-order chi connectivity index (χ0) is 15.5. The second kappa shape index (κ2) is 7.57. The number of rotatable bonds is 4. The molecule has 0 aliphatic carbocycles. The summed E-state index contributed by atoms with van der Waals surface area (Å²) in [5.41, 5.74) is 2.60. The van der Waals surface area contributed by atoms with Crippen LogP contribution < -0.4 is 10.6 Å². The van der Waals surface area contributed by atoms with E-state index in [1.165, 1.54) is 0 Å². The molecule has 23 heavy (non-hydrogen) atoms. The van der Waals surface area contributed by atoms with Crippen molar-refractivity contribution in [1.82, 2.24) is 15.5 Å². The van der Waals surface area contributed by atoms with E-state index in [4.69, 9.17) is 4.52 Å². The summed E-state index contributed by atoms with van der Waals surface area (Å²) in [6.07, 6.45) is 2.65. The van der Waals surface area contributed by atoms with E-state index in [0.29, 0.717) is 11.7 Å². The number of carbonyl (C=O) groups excluding carboxylic acids is 1. The van der Waals surface area contributed by atoms with Gasteiger partial charge < -0.3 is 15.2 Å². The van der Waals surface area contributed by atoms with Gasteiger partial charge >= 0.3 is 0 Å². The van der Waals surface area contributed by atoms with Crippen LogP contribution in [0.25, 0.3) is 11.5 Å². The van der Waals surface area contributed by atoms with Gasteiger partial charge in [-0.1, -0.05) is 18.1 Å². The van der Waals surface area contributed by atoms with Gasteiger partial charge in [0.05, 0.1) is 6.04 Å². The molecule has 0 saturated carbocycles. The quantitative estimate of drug-likeness (QED) is 0.897. The van der Waals surface area contributed by atoms with Crippen LogP contribution in [0.1, 0.15) is 31.2 Å². The van der Waals surface area contributed by atoms with Crippen molar-refractivity contribution in [3.05, 3.63) is 29.6 Å². The van der Waals surface area contributed by atoms with Crippen LogP contribution in [0.15, 0.2) is 22.7 Å². The van der Waals surface area contributed by atoms with Crippen molar-refractivity contribution in [1.29, 1.82) is 0 Å². The fraction of sp³-hybridized carbons (Fsp3) is 0.438. The molecule has 1 fully saturated rings. The van der Waals surface area contributed by atoms with Crippen molar-refractivity contribution in [2.75, 3.05) is 11.9 Å². The average molecular weight is 337 g/mol. The van der Waals surface area contributed by atoms with Crippen molar-refractivity contribution >= 4 is 24.0 Å². The molecule has 1 atom stereocenters. The standard InChI is InChI=1S/C16H20N4O2.ClH/c1-3-14-19-16(22-20-14)11-7-6-10(2)13(9-11)18-15(21)12-5-4-8-17-12;/h6-7,9,12,17H,3-5,8H2,1-2H3,(H,18,21);1H. The number of amides is 1. The van der Waals surface area contributed by atoms with E-state index in [1.54, 1.807) is 0 Å². The first-order chi connectivity index (χ1) is 10.7. The van der Waals surface area contributed by atoms with Crippen LogP contribution in [-0.4, -0.2) is 28.6 Å². The third kappa shape index (κ3) is 3.89. The highest BCUT2D eigenvalue weighted by molar-refractivity contribution is 5.96. The first kappa shape index (κ1) is 17.4. The van der Waals surface area contributed by atoms with E-state index in [-0.39, 0.29) is 24.4 Å². The molecule has 2 heterocycles. The second-order valence-electron chi connectivity index (χ2n) is 5.54. The summed E-state index contributed by atoms with van der Waals surface area (Å²) in [4.78, 5) is 16.6. The summed E-state index contributed by atoms with van der Waals surface area (Å²) in [5, 5.41) is 10.1. The molecule has 1 amide bonds. The number of carbonyl (C=O) groups is 1. The second-order valence-corrected chi connectivity index (χ2v) is 5.54. The summed E-state index contributed by atoms with van der Waals surface area (Å²) >= 11 is 0. The molecular weight excluding hydrogens is 316 g/mol. The van der Waals surface area contributed by atoms with Crippen molar-refractivity contribution in [3.8, 4) is 11.5 Å². The van der Waals surface area contributed by atoms with Gasteiger partial charge in [-0.25, -0.2) is 0 Å². The largest absolute Gasteiger partial charge is 0.334 e. The Hall–Kier alpha value is -1.92. The molecule has 1 aromatic heterocycles. The zero-order valence-electron chi connectivity index (χ0n) is 13.3. The highest BCUT2D eigenvalue weighted by atomic mass is 35.5. The number of hydrogen-bond acceptors (Lipinski definition) is 5. The lowest BCUT2D eigenvalue weighted by Crippen LogP contribution is -2.35. The smallest absolute Gasteiger partial charge is 0.257 e. The molecule has 1 aliphatic heterocycles. The Kier molecular flexibility index (Phi) is 5.74. The van der Waals surface area contributed by atoms with Crippen LogP contribution in [0.2, 0.25) is 0 Å². The Morgan fingerprint density at radius 1 is 1.48 bits per heavy atom. The molecule has 7 heteroatoms. The van der Waals surface area contributed by atoms with Gasteiger partial charge in [-0.3, -0.25) is 4.79 Å². The maximum Gasteiger partial charge on any atom is 0.257 e. The lowest BCUT2D eigenvalue weighted by atomic mass is 10.1. The number of halogens is 1. The summed E-state index contributed by atoms with van der Waals surface area (Å²) in [6, 6.07) is 5.65. The van der Waals surface area contributed by atoms with Gasteiger partial charge in [0.1, 0.15) is 0 Å². The van der Waals surface area contributed by atoms with Crippen LogP contribution >= 0.6 is 12.4 Å². The minimum Gasteiger partial charge on any atom is -0.334 e. The van der Waals surface area contributed by atoms with Gasteiger partial charge in [0, 0.05) is 17.7 Å². The summed E-state index contributed by atoms with van der Waals surface area (Å²) < 4.78 is 5.26. The molecule has 1 aliphatic rings. The van der Waals surface area contributed by atoms with Gasteiger partial charge in [-0.15, -0.1) is 12.4 Å². The maximum atomic E-state index is 12.2. The Bertz CT molecular complexity index is 680. The molecule has 2 N–H and O–H groups in total. The average Bonchev–Trinajstić information content (AvgIpc) is 3.20. The van der Waals surface area contributed by atoms with Crippen molar-refractivity contribution in [2.24, 2.45) is 0 Å². The number of aryl methyl sites for hydroxylation is 2. The van der Waals surface area contributed by atoms with Crippen LogP contribution in [0.4, 0.5) is 5.69 Å². The van der Waals surface area contributed by atoms with Crippen molar-refractivity contribution in [2.45, 2.75) is 39.2 Å². The minimum absolute atomic E-state index is 0. The first-order valence-corrected chi connectivity index (χ1v) is 7.65. The molecule has 3 rings (SSSR count). The third-order valence-corrected chi connectivity index (χ3v) is 3.90. The highest BCUT2D eigenvalue weighted by Crippen LogP contribution is 2.25. The normalized spacial score (nSPS) is 16.9. The van der Waals surface area contributed by atoms with E-state index in [2.05, 4.69) is 20.8 Å². The van der Waals surface area contributed by atoms with Crippen LogP contribution in [-0.2, 0) is 11.2 Å². The van der Waals surface area contributed by atoms with Crippen molar-refractivity contribution in [3.63, 3.8) is 0 Å². The monoisotopic (exact) mass is 336 g/mol. The SMILES string of the molecule is CCc1noc(-c2ccc(C)c(NC(=O)C3CCCN3)c2)n1.Cl. The molecule has 1 aromatic carbocycles. The number of nitrogens with zero attached hydrogens (tertiary/aromatic N) is 2. The van der Waals surface area contributed by atoms with E-state index in [1.807, 2.05) is 32.0 Å². The molecule has 2 aromatic rings. The van der Waals surface area contributed by atoms with Crippen LogP contribution in [0.3, 0.4) is 0 Å². The number of aromatic nitrogens is 2. The fourth-order valence-corrected chi connectivity index (χ4v) is 2.53. The summed E-state index contributed by atoms with van der Waals surface area (Å²) in [7, 11) is 0. The summed E-state index contributed by atoms with van der Waals surface area (Å²) in [5.74, 6) is 1.17. The molecule has 124 valence electrons.